The predicted octanol–water partition coefficient (Wildman–Crippen LogP) is 3.98. The van der Waals surface area contributed by atoms with Gasteiger partial charge in [-0.1, -0.05) is 23.7 Å². The molecule has 0 bridgehead atoms. The number of nitrogens with one attached hydrogen (secondary N) is 2. The zero-order chi connectivity index (χ0) is 18.8. The Kier molecular flexibility index (Phi) is 5.28. The van der Waals surface area contributed by atoms with Crippen LogP contribution in [0, 0.1) is 0 Å². The molecule has 2 rings (SSSR count). The Balaban J connectivity index is 2.27. The molecule has 5 nitrogen and oxygen atoms in total. The van der Waals surface area contributed by atoms with Gasteiger partial charge in [-0.3, -0.25) is 9.52 Å². The molecule has 0 aliphatic rings. The van der Waals surface area contributed by atoms with Gasteiger partial charge in [0.25, 0.3) is 5.91 Å². The van der Waals surface area contributed by atoms with Gasteiger partial charge in [-0.2, -0.15) is 13.2 Å². The molecule has 0 fully saturated rings. The fourth-order valence-electron chi connectivity index (χ4n) is 1.97. The van der Waals surface area contributed by atoms with E-state index < -0.39 is 33.4 Å². The van der Waals surface area contributed by atoms with Crippen LogP contribution in [-0.2, 0) is 16.2 Å². The molecular formula is C15H12ClF3N2O3S. The zero-order valence-electron chi connectivity index (χ0n) is 12.7. The van der Waals surface area contributed by atoms with Crippen molar-refractivity contribution in [2.45, 2.75) is 6.18 Å². The summed E-state index contributed by atoms with van der Waals surface area (Å²) in [5.41, 5.74) is -1.35. The Bertz CT molecular complexity index is 914. The first kappa shape index (κ1) is 19.1. The van der Waals surface area contributed by atoms with E-state index in [-0.39, 0.29) is 16.3 Å². The molecule has 2 aromatic rings. The van der Waals surface area contributed by atoms with Crippen molar-refractivity contribution in [3.63, 3.8) is 0 Å². The maximum atomic E-state index is 12.9. The maximum Gasteiger partial charge on any atom is 0.418 e. The molecular weight excluding hydrogens is 381 g/mol. The number of para-hydroxylation sites is 1. The topological polar surface area (TPSA) is 75.3 Å². The lowest BCUT2D eigenvalue weighted by molar-refractivity contribution is -0.136. The summed E-state index contributed by atoms with van der Waals surface area (Å²) in [6.45, 7) is 0. The van der Waals surface area contributed by atoms with E-state index in [4.69, 9.17) is 11.6 Å². The van der Waals surface area contributed by atoms with Crippen LogP contribution in [0.3, 0.4) is 0 Å². The lowest BCUT2D eigenvalue weighted by Gasteiger charge is -2.14. The summed E-state index contributed by atoms with van der Waals surface area (Å²) >= 11 is 5.90. The first-order chi connectivity index (χ1) is 11.5. The first-order valence-corrected chi connectivity index (χ1v) is 8.99. The summed E-state index contributed by atoms with van der Waals surface area (Å²) in [5, 5.41) is 2.10. The van der Waals surface area contributed by atoms with Crippen LogP contribution in [0.15, 0.2) is 42.5 Å². The molecule has 0 saturated heterocycles. The highest BCUT2D eigenvalue weighted by Gasteiger charge is 2.33. The summed E-state index contributed by atoms with van der Waals surface area (Å²) in [5.74, 6) is -0.815. The number of anilines is 2. The van der Waals surface area contributed by atoms with Gasteiger partial charge in [0.15, 0.2) is 0 Å². The van der Waals surface area contributed by atoms with Crippen molar-refractivity contribution in [3.05, 3.63) is 58.6 Å². The highest BCUT2D eigenvalue weighted by molar-refractivity contribution is 7.92. The molecule has 0 aliphatic heterocycles. The summed E-state index contributed by atoms with van der Waals surface area (Å²) in [6, 6.07) is 8.18. The molecule has 0 atom stereocenters. The van der Waals surface area contributed by atoms with Gasteiger partial charge in [-0.15, -0.1) is 0 Å². The van der Waals surface area contributed by atoms with Crippen molar-refractivity contribution in [2.24, 2.45) is 0 Å². The van der Waals surface area contributed by atoms with Crippen LogP contribution in [0.1, 0.15) is 15.9 Å². The fraction of sp³-hybridized carbons (Fsp3) is 0.133. The average molecular weight is 393 g/mol. The van der Waals surface area contributed by atoms with Gasteiger partial charge < -0.3 is 5.32 Å². The Morgan fingerprint density at radius 2 is 1.72 bits per heavy atom. The van der Waals surface area contributed by atoms with Gasteiger partial charge in [0, 0.05) is 5.56 Å². The lowest BCUT2D eigenvalue weighted by atomic mass is 10.1. The minimum Gasteiger partial charge on any atom is -0.321 e. The van der Waals surface area contributed by atoms with Crippen LogP contribution < -0.4 is 10.0 Å². The number of amides is 1. The predicted molar refractivity (Wildman–Crippen MR) is 89.3 cm³/mol. The van der Waals surface area contributed by atoms with E-state index in [0.717, 1.165) is 24.5 Å². The second kappa shape index (κ2) is 6.93. The molecule has 0 heterocycles. The van der Waals surface area contributed by atoms with E-state index in [9.17, 15) is 26.4 Å². The van der Waals surface area contributed by atoms with E-state index in [1.807, 2.05) is 0 Å². The summed E-state index contributed by atoms with van der Waals surface area (Å²) in [7, 11) is -3.56. The van der Waals surface area contributed by atoms with Crippen LogP contribution >= 0.6 is 11.6 Å². The highest BCUT2D eigenvalue weighted by Crippen LogP contribution is 2.35. The third-order valence-electron chi connectivity index (χ3n) is 3.01. The number of rotatable bonds is 4. The number of sulfonamides is 1. The minimum absolute atomic E-state index is 0.0268. The largest absolute Gasteiger partial charge is 0.418 e. The fourth-order valence-corrected chi connectivity index (χ4v) is 2.83. The van der Waals surface area contributed by atoms with Crippen LogP contribution in [0.5, 0.6) is 0 Å². The first-order valence-electron chi connectivity index (χ1n) is 6.72. The van der Waals surface area contributed by atoms with Crippen molar-refractivity contribution in [1.82, 2.24) is 0 Å². The van der Waals surface area contributed by atoms with Crippen LogP contribution in [0.2, 0.25) is 5.02 Å². The van der Waals surface area contributed by atoms with E-state index in [1.54, 1.807) is 0 Å². The molecule has 0 aliphatic carbocycles. The molecule has 25 heavy (non-hydrogen) atoms. The quantitative estimate of drug-likeness (QED) is 0.826. The Labute approximate surface area is 146 Å². The normalized spacial score (nSPS) is 11.9. The number of hydrogen-bond donors (Lipinski definition) is 2. The smallest absolute Gasteiger partial charge is 0.321 e. The van der Waals surface area contributed by atoms with Gasteiger partial charge in [-0.25, -0.2) is 8.42 Å². The number of benzene rings is 2. The molecule has 0 spiro atoms. The van der Waals surface area contributed by atoms with Crippen LogP contribution in [-0.4, -0.2) is 20.6 Å². The second-order valence-corrected chi connectivity index (χ2v) is 7.22. The second-order valence-electron chi connectivity index (χ2n) is 5.07. The Hall–Kier alpha value is -2.26. The molecule has 0 radical (unpaired) electrons. The van der Waals surface area contributed by atoms with Crippen LogP contribution in [0.25, 0.3) is 0 Å². The third-order valence-corrected chi connectivity index (χ3v) is 3.91. The van der Waals surface area contributed by atoms with Crippen LogP contribution in [0.4, 0.5) is 24.5 Å². The molecule has 134 valence electrons. The number of hydrogen-bond acceptors (Lipinski definition) is 3. The summed E-state index contributed by atoms with van der Waals surface area (Å²) in [4.78, 5) is 12.2. The Morgan fingerprint density at radius 3 is 2.28 bits per heavy atom. The molecule has 2 N–H and O–H groups in total. The van der Waals surface area contributed by atoms with Crippen molar-refractivity contribution >= 4 is 38.9 Å². The lowest BCUT2D eigenvalue weighted by Crippen LogP contribution is -2.17. The van der Waals surface area contributed by atoms with Gasteiger partial charge >= 0.3 is 6.18 Å². The van der Waals surface area contributed by atoms with Gasteiger partial charge in [0.2, 0.25) is 10.0 Å². The van der Waals surface area contributed by atoms with Crippen molar-refractivity contribution in [3.8, 4) is 0 Å². The van der Waals surface area contributed by atoms with Crippen molar-refractivity contribution in [1.29, 1.82) is 0 Å². The zero-order valence-corrected chi connectivity index (χ0v) is 14.3. The number of carbonyl (C=O) groups is 1. The monoisotopic (exact) mass is 392 g/mol. The van der Waals surface area contributed by atoms with Gasteiger partial charge in [0.1, 0.15) is 0 Å². The third kappa shape index (κ3) is 5.10. The molecule has 0 saturated carbocycles. The highest BCUT2D eigenvalue weighted by atomic mass is 35.5. The van der Waals surface area contributed by atoms with Gasteiger partial charge in [-0.05, 0) is 30.3 Å². The van der Waals surface area contributed by atoms with E-state index in [0.29, 0.717) is 0 Å². The number of carbonyl (C=O) groups excluding carboxylic acids is 1. The molecule has 0 aromatic heterocycles. The van der Waals surface area contributed by atoms with E-state index in [1.165, 1.54) is 24.3 Å². The summed E-state index contributed by atoms with van der Waals surface area (Å²) < 4.78 is 63.3. The molecule has 0 unspecified atom stereocenters. The SMILES string of the molecule is CS(=O)(=O)Nc1ccc(C(=O)Nc2ccccc2C(F)(F)F)cc1Cl. The van der Waals surface area contributed by atoms with E-state index in [2.05, 4.69) is 10.0 Å². The molecule has 2 aromatic carbocycles. The standard InChI is InChI=1S/C15H12ClF3N2O3S/c1-25(23,24)21-13-7-6-9(8-11(13)16)14(22)20-12-5-3-2-4-10(12)15(17,18)19/h2-8,21H,1H3,(H,20,22). The van der Waals surface area contributed by atoms with Gasteiger partial charge in [0.05, 0.1) is 28.2 Å². The number of alkyl halides is 3. The van der Waals surface area contributed by atoms with E-state index >= 15 is 0 Å². The van der Waals surface area contributed by atoms with Crippen molar-refractivity contribution < 1.29 is 26.4 Å². The Morgan fingerprint density at radius 1 is 1.08 bits per heavy atom. The molecule has 1 amide bonds. The average Bonchev–Trinajstić information content (AvgIpc) is 2.47. The minimum atomic E-state index is -4.62. The maximum absolute atomic E-state index is 12.9. The van der Waals surface area contributed by atoms with Crippen molar-refractivity contribution in [2.75, 3.05) is 16.3 Å². The summed E-state index contributed by atoms with van der Waals surface area (Å²) in [6.07, 6.45) is -3.69. The molecule has 10 heteroatoms. The number of halogens is 4.